The van der Waals surface area contributed by atoms with E-state index >= 15 is 0 Å². The van der Waals surface area contributed by atoms with Gasteiger partial charge < -0.3 is 15.4 Å². The molecular weight excluding hydrogens is 388 g/mol. The van der Waals surface area contributed by atoms with Crippen LogP contribution >= 0.6 is 0 Å². The Kier molecular flexibility index (Phi) is 6.88. The molecule has 0 bridgehead atoms. The number of carbonyl (C=O) groups is 1. The lowest BCUT2D eigenvalue weighted by Crippen LogP contribution is -2.60. The van der Waals surface area contributed by atoms with E-state index in [4.69, 9.17) is 4.74 Å². The average molecular weight is 423 g/mol. The van der Waals surface area contributed by atoms with Gasteiger partial charge in [0.2, 0.25) is 5.91 Å². The van der Waals surface area contributed by atoms with Crippen LogP contribution < -0.4 is 15.4 Å². The van der Waals surface area contributed by atoms with Gasteiger partial charge in [-0.05, 0) is 55.4 Å². The summed E-state index contributed by atoms with van der Waals surface area (Å²) in [6.07, 6.45) is 5.34. The number of methoxy groups -OCH3 is 1. The first-order valence-electron chi connectivity index (χ1n) is 11.5. The molecule has 1 aliphatic heterocycles. The fourth-order valence-corrected chi connectivity index (χ4v) is 5.51. The van der Waals surface area contributed by atoms with Crippen molar-refractivity contribution in [2.45, 2.75) is 44.6 Å². The number of carbonyl (C=O) groups excluding carboxylic acids is 1. The lowest BCUT2D eigenvalue weighted by Gasteiger charge is -2.51. The molecule has 6 nitrogen and oxygen atoms in total. The number of rotatable bonds is 6. The van der Waals surface area contributed by atoms with E-state index in [-0.39, 0.29) is 11.9 Å². The van der Waals surface area contributed by atoms with Crippen molar-refractivity contribution in [1.29, 1.82) is 0 Å². The highest BCUT2D eigenvalue weighted by molar-refractivity contribution is 5.95. The molecule has 1 aliphatic carbocycles. The molecule has 1 amide bonds. The van der Waals surface area contributed by atoms with Gasteiger partial charge in [-0.3, -0.25) is 9.69 Å². The van der Waals surface area contributed by atoms with Crippen molar-refractivity contribution in [2.75, 3.05) is 38.6 Å². The summed E-state index contributed by atoms with van der Waals surface area (Å²) in [6, 6.07) is 14.2. The summed E-state index contributed by atoms with van der Waals surface area (Å²) in [5.41, 5.74) is 0.841. The van der Waals surface area contributed by atoms with Crippen LogP contribution in [0.4, 0.5) is 5.82 Å². The van der Waals surface area contributed by atoms with Crippen LogP contribution in [0.5, 0.6) is 5.75 Å². The van der Waals surface area contributed by atoms with Gasteiger partial charge in [0, 0.05) is 38.4 Å². The summed E-state index contributed by atoms with van der Waals surface area (Å²) in [6.45, 7) is 6.05. The number of hydrogen-bond donors (Lipinski definition) is 2. The van der Waals surface area contributed by atoms with Crippen molar-refractivity contribution in [1.82, 2.24) is 15.2 Å². The van der Waals surface area contributed by atoms with Crippen LogP contribution in [0.25, 0.3) is 0 Å². The number of amides is 1. The third kappa shape index (κ3) is 4.46. The zero-order valence-electron chi connectivity index (χ0n) is 18.6. The predicted molar refractivity (Wildman–Crippen MR) is 123 cm³/mol. The molecule has 2 aromatic rings. The van der Waals surface area contributed by atoms with Crippen LogP contribution in [-0.2, 0) is 4.79 Å². The summed E-state index contributed by atoms with van der Waals surface area (Å²) in [5.74, 6) is 2.08. The topological polar surface area (TPSA) is 66.5 Å². The Bertz CT molecular complexity index is 869. The molecule has 6 heteroatoms. The molecule has 1 aromatic carbocycles. The Balaban J connectivity index is 1.64. The Hall–Kier alpha value is -2.44. The van der Waals surface area contributed by atoms with Gasteiger partial charge in [-0.25, -0.2) is 4.98 Å². The SMILES string of the molecule is CCC1(C(=O)Nc2ccccn2)CCC(c2ccccc2OC)CC1N1CCNCC1. The van der Waals surface area contributed by atoms with Crippen LogP contribution in [0.1, 0.15) is 44.1 Å². The number of aromatic nitrogens is 1. The number of nitrogens with zero attached hydrogens (tertiary/aromatic N) is 2. The lowest BCUT2D eigenvalue weighted by molar-refractivity contribution is -0.133. The van der Waals surface area contributed by atoms with Crippen molar-refractivity contribution < 1.29 is 9.53 Å². The highest BCUT2D eigenvalue weighted by Gasteiger charge is 2.50. The molecule has 2 aliphatic rings. The van der Waals surface area contributed by atoms with Crippen molar-refractivity contribution in [3.05, 3.63) is 54.2 Å². The summed E-state index contributed by atoms with van der Waals surface area (Å²) in [4.78, 5) is 20.6. The maximum Gasteiger partial charge on any atom is 0.233 e. The van der Waals surface area contributed by atoms with E-state index in [1.54, 1.807) is 13.3 Å². The number of benzene rings is 1. The van der Waals surface area contributed by atoms with Gasteiger partial charge in [-0.2, -0.15) is 0 Å². The van der Waals surface area contributed by atoms with E-state index in [2.05, 4.69) is 39.6 Å². The molecule has 1 aromatic heterocycles. The third-order valence-corrected chi connectivity index (χ3v) is 7.25. The second-order valence-corrected chi connectivity index (χ2v) is 8.69. The molecule has 3 atom stereocenters. The van der Waals surface area contributed by atoms with E-state index in [0.717, 1.165) is 57.6 Å². The van der Waals surface area contributed by atoms with E-state index in [1.165, 1.54) is 5.56 Å². The van der Waals surface area contributed by atoms with Gasteiger partial charge in [0.05, 0.1) is 12.5 Å². The van der Waals surface area contributed by atoms with E-state index < -0.39 is 5.41 Å². The first-order valence-corrected chi connectivity index (χ1v) is 11.5. The number of hydrogen-bond acceptors (Lipinski definition) is 5. The van der Waals surface area contributed by atoms with Crippen LogP contribution in [-0.4, -0.2) is 55.1 Å². The van der Waals surface area contributed by atoms with Crippen molar-refractivity contribution in [3.63, 3.8) is 0 Å². The first kappa shape index (κ1) is 21.8. The van der Waals surface area contributed by atoms with Gasteiger partial charge >= 0.3 is 0 Å². The second kappa shape index (κ2) is 9.79. The van der Waals surface area contributed by atoms with Crippen LogP contribution in [0, 0.1) is 5.41 Å². The van der Waals surface area contributed by atoms with E-state index in [1.807, 2.05) is 30.3 Å². The Morgan fingerprint density at radius 1 is 1.23 bits per heavy atom. The number of ether oxygens (including phenoxy) is 1. The first-order chi connectivity index (χ1) is 15.2. The molecule has 31 heavy (non-hydrogen) atoms. The summed E-state index contributed by atoms with van der Waals surface area (Å²) in [5, 5.41) is 6.59. The standard InChI is InChI=1S/C25H34N4O2/c1-3-25(24(30)28-23-10-6-7-13-27-23)12-11-19(20-8-4-5-9-21(20)31-2)18-22(25)29-16-14-26-15-17-29/h4-10,13,19,22,26H,3,11-12,14-18H2,1-2H3,(H,27,28,30). The Labute approximate surface area is 185 Å². The second-order valence-electron chi connectivity index (χ2n) is 8.69. The predicted octanol–water partition coefficient (Wildman–Crippen LogP) is 3.67. The molecule has 166 valence electrons. The van der Waals surface area contributed by atoms with Gasteiger partial charge in [-0.15, -0.1) is 0 Å². The summed E-state index contributed by atoms with van der Waals surface area (Å²) in [7, 11) is 1.74. The molecular formula is C25H34N4O2. The largest absolute Gasteiger partial charge is 0.496 e. The molecule has 0 radical (unpaired) electrons. The number of pyridine rings is 1. The molecule has 2 N–H and O–H groups in total. The minimum atomic E-state index is -0.423. The molecule has 2 fully saturated rings. The minimum Gasteiger partial charge on any atom is -0.496 e. The smallest absolute Gasteiger partial charge is 0.233 e. The maximum atomic E-state index is 13.7. The van der Waals surface area contributed by atoms with Gasteiger partial charge in [-0.1, -0.05) is 31.2 Å². The highest BCUT2D eigenvalue weighted by Crippen LogP contribution is 2.49. The number of nitrogens with one attached hydrogen (secondary N) is 2. The number of para-hydroxylation sites is 1. The van der Waals surface area contributed by atoms with Crippen molar-refractivity contribution in [2.24, 2.45) is 5.41 Å². The van der Waals surface area contributed by atoms with E-state index in [9.17, 15) is 4.79 Å². The normalized spacial score (nSPS) is 26.9. The molecule has 3 unspecified atom stereocenters. The van der Waals surface area contributed by atoms with Gasteiger partial charge in [0.1, 0.15) is 11.6 Å². The summed E-state index contributed by atoms with van der Waals surface area (Å²) < 4.78 is 5.67. The lowest BCUT2D eigenvalue weighted by atomic mass is 9.63. The quantitative estimate of drug-likeness (QED) is 0.744. The van der Waals surface area contributed by atoms with Gasteiger partial charge in [0.15, 0.2) is 0 Å². The van der Waals surface area contributed by atoms with Crippen LogP contribution in [0.15, 0.2) is 48.7 Å². The zero-order valence-corrected chi connectivity index (χ0v) is 18.6. The highest BCUT2D eigenvalue weighted by atomic mass is 16.5. The summed E-state index contributed by atoms with van der Waals surface area (Å²) >= 11 is 0. The Morgan fingerprint density at radius 2 is 2.00 bits per heavy atom. The molecule has 0 spiro atoms. The van der Waals surface area contributed by atoms with E-state index in [0.29, 0.717) is 11.7 Å². The van der Waals surface area contributed by atoms with Crippen molar-refractivity contribution in [3.8, 4) is 5.75 Å². The number of anilines is 1. The van der Waals surface area contributed by atoms with Crippen LogP contribution in [0.3, 0.4) is 0 Å². The van der Waals surface area contributed by atoms with Gasteiger partial charge in [0.25, 0.3) is 0 Å². The minimum absolute atomic E-state index is 0.107. The molecule has 4 rings (SSSR count). The molecule has 1 saturated heterocycles. The fraction of sp³-hybridized carbons (Fsp3) is 0.520. The maximum absolute atomic E-state index is 13.7. The molecule has 1 saturated carbocycles. The number of piperazine rings is 1. The molecule has 2 heterocycles. The average Bonchev–Trinajstić information content (AvgIpc) is 2.84. The zero-order chi connectivity index (χ0) is 21.7. The van der Waals surface area contributed by atoms with Crippen molar-refractivity contribution >= 4 is 11.7 Å². The fourth-order valence-electron chi connectivity index (χ4n) is 5.51. The monoisotopic (exact) mass is 422 g/mol. The van der Waals surface area contributed by atoms with Crippen LogP contribution in [0.2, 0.25) is 0 Å². The third-order valence-electron chi connectivity index (χ3n) is 7.25. The Morgan fingerprint density at radius 3 is 2.71 bits per heavy atom.